The number of anilines is 3. The van der Waals surface area contributed by atoms with Crippen LogP contribution in [0.5, 0.6) is 5.75 Å². The summed E-state index contributed by atoms with van der Waals surface area (Å²) < 4.78 is 5.33. The third kappa shape index (κ3) is 4.71. The van der Waals surface area contributed by atoms with E-state index in [-0.39, 0.29) is 11.6 Å². The predicted octanol–water partition coefficient (Wildman–Crippen LogP) is 5.22. The Labute approximate surface area is 171 Å². The number of methoxy groups -OCH3 is 1. The average molecular weight is 390 g/mol. The van der Waals surface area contributed by atoms with Crippen LogP contribution in [0.1, 0.15) is 46.9 Å². The quantitative estimate of drug-likeness (QED) is 0.603. The van der Waals surface area contributed by atoms with E-state index in [1.165, 1.54) is 5.56 Å². The van der Waals surface area contributed by atoms with Crippen molar-refractivity contribution in [2.75, 3.05) is 17.7 Å². The number of benzene rings is 2. The summed E-state index contributed by atoms with van der Waals surface area (Å²) in [5.74, 6) is 0.994. The first-order chi connectivity index (χ1) is 13.9. The summed E-state index contributed by atoms with van der Waals surface area (Å²) in [5, 5.41) is 6.15. The molecule has 1 amide bonds. The number of aromatic nitrogens is 2. The Morgan fingerprint density at radius 2 is 1.90 bits per heavy atom. The molecule has 0 saturated carbocycles. The van der Waals surface area contributed by atoms with Gasteiger partial charge in [0.2, 0.25) is 5.95 Å². The molecule has 0 unspecified atom stereocenters. The summed E-state index contributed by atoms with van der Waals surface area (Å²) in [7, 11) is 1.57. The van der Waals surface area contributed by atoms with Crippen molar-refractivity contribution < 1.29 is 9.53 Å². The number of nitrogens with one attached hydrogen (secondary N) is 2. The van der Waals surface area contributed by atoms with Gasteiger partial charge in [-0.25, -0.2) is 9.97 Å². The van der Waals surface area contributed by atoms with E-state index in [1.54, 1.807) is 19.4 Å². The van der Waals surface area contributed by atoms with Crippen molar-refractivity contribution in [1.82, 2.24) is 9.97 Å². The molecule has 2 N–H and O–H groups in total. The lowest BCUT2D eigenvalue weighted by Gasteiger charge is -2.16. The number of ether oxygens (including phenoxy) is 1. The predicted molar refractivity (Wildman–Crippen MR) is 116 cm³/mol. The third-order valence-electron chi connectivity index (χ3n) is 4.66. The summed E-state index contributed by atoms with van der Waals surface area (Å²) in [4.78, 5) is 21.5. The molecule has 1 aromatic heterocycles. The Morgan fingerprint density at radius 3 is 2.62 bits per heavy atom. The number of para-hydroxylation sites is 1. The summed E-state index contributed by atoms with van der Waals surface area (Å²) >= 11 is 0. The van der Waals surface area contributed by atoms with Crippen LogP contribution in [0.3, 0.4) is 0 Å². The van der Waals surface area contributed by atoms with E-state index in [4.69, 9.17) is 4.74 Å². The first-order valence-electron chi connectivity index (χ1n) is 9.54. The molecule has 0 aliphatic heterocycles. The van der Waals surface area contributed by atoms with Crippen LogP contribution in [0.2, 0.25) is 0 Å². The first kappa shape index (κ1) is 20.3. The van der Waals surface area contributed by atoms with E-state index in [2.05, 4.69) is 40.5 Å². The Hall–Kier alpha value is -3.41. The van der Waals surface area contributed by atoms with Crippen molar-refractivity contribution in [1.29, 1.82) is 0 Å². The second kappa shape index (κ2) is 8.73. The van der Waals surface area contributed by atoms with Crippen molar-refractivity contribution in [2.45, 2.75) is 33.6 Å². The lowest BCUT2D eigenvalue weighted by molar-refractivity contribution is 0.102. The van der Waals surface area contributed by atoms with Crippen LogP contribution in [-0.4, -0.2) is 23.0 Å². The number of rotatable bonds is 6. The number of carbonyl (C=O) groups excluding carboxylic acids is 1. The Balaban J connectivity index is 1.86. The van der Waals surface area contributed by atoms with E-state index in [0.717, 1.165) is 16.8 Å². The molecule has 0 spiro atoms. The Kier molecular flexibility index (Phi) is 6.12. The molecule has 0 radical (unpaired) electrons. The standard InChI is InChI=1S/C23H26N4O2/c1-14(2)17-8-6-7-16(4)21(17)27-23-24-12-11-18(26-23)22(28)25-19-13-15(3)9-10-20(19)29-5/h6-14H,1-5H3,(H,25,28)(H,24,26,27). The van der Waals surface area contributed by atoms with Gasteiger partial charge >= 0.3 is 0 Å². The highest BCUT2D eigenvalue weighted by molar-refractivity contribution is 6.03. The van der Waals surface area contributed by atoms with E-state index < -0.39 is 0 Å². The van der Waals surface area contributed by atoms with Gasteiger partial charge in [0.05, 0.1) is 12.8 Å². The van der Waals surface area contributed by atoms with Crippen molar-refractivity contribution >= 4 is 23.2 Å². The minimum Gasteiger partial charge on any atom is -0.495 e. The van der Waals surface area contributed by atoms with E-state index in [9.17, 15) is 4.79 Å². The fourth-order valence-electron chi connectivity index (χ4n) is 3.11. The lowest BCUT2D eigenvalue weighted by Crippen LogP contribution is -2.15. The van der Waals surface area contributed by atoms with Crippen molar-refractivity contribution in [3.8, 4) is 5.75 Å². The van der Waals surface area contributed by atoms with Crippen LogP contribution in [0.25, 0.3) is 0 Å². The first-order valence-corrected chi connectivity index (χ1v) is 9.54. The van der Waals surface area contributed by atoms with E-state index in [1.807, 2.05) is 44.2 Å². The SMILES string of the molecule is COc1ccc(C)cc1NC(=O)c1ccnc(Nc2c(C)cccc2C(C)C)n1. The zero-order valence-electron chi connectivity index (χ0n) is 17.4. The second-order valence-electron chi connectivity index (χ2n) is 7.24. The molecule has 150 valence electrons. The van der Waals surface area contributed by atoms with Crippen LogP contribution in [-0.2, 0) is 0 Å². The van der Waals surface area contributed by atoms with Gasteiger partial charge in [0.1, 0.15) is 11.4 Å². The number of hydrogen-bond acceptors (Lipinski definition) is 5. The zero-order valence-corrected chi connectivity index (χ0v) is 17.4. The molecule has 2 aromatic carbocycles. The molecule has 6 heteroatoms. The van der Waals surface area contributed by atoms with Gasteiger partial charge in [0, 0.05) is 11.9 Å². The van der Waals surface area contributed by atoms with Crippen LogP contribution >= 0.6 is 0 Å². The third-order valence-corrected chi connectivity index (χ3v) is 4.66. The zero-order chi connectivity index (χ0) is 21.0. The molecule has 0 aliphatic rings. The molecular formula is C23H26N4O2. The summed E-state index contributed by atoms with van der Waals surface area (Å²) in [6.07, 6.45) is 1.57. The summed E-state index contributed by atoms with van der Waals surface area (Å²) in [6.45, 7) is 8.27. The summed E-state index contributed by atoms with van der Waals surface area (Å²) in [5.41, 5.74) is 5.14. The number of carbonyl (C=O) groups is 1. The smallest absolute Gasteiger partial charge is 0.274 e. The minimum absolute atomic E-state index is 0.269. The number of nitrogens with zero attached hydrogens (tertiary/aromatic N) is 2. The monoisotopic (exact) mass is 390 g/mol. The molecular weight excluding hydrogens is 364 g/mol. The average Bonchev–Trinajstić information content (AvgIpc) is 2.69. The van der Waals surface area contributed by atoms with E-state index >= 15 is 0 Å². The van der Waals surface area contributed by atoms with Gasteiger partial charge in [-0.3, -0.25) is 4.79 Å². The van der Waals surface area contributed by atoms with Crippen molar-refractivity contribution in [2.24, 2.45) is 0 Å². The maximum absolute atomic E-state index is 12.8. The minimum atomic E-state index is -0.326. The Bertz CT molecular complexity index is 1030. The molecule has 3 aromatic rings. The topological polar surface area (TPSA) is 76.1 Å². The van der Waals surface area contributed by atoms with Gasteiger partial charge in [-0.15, -0.1) is 0 Å². The van der Waals surface area contributed by atoms with Crippen molar-refractivity contribution in [3.63, 3.8) is 0 Å². The number of hydrogen-bond donors (Lipinski definition) is 2. The van der Waals surface area contributed by atoms with Gasteiger partial charge < -0.3 is 15.4 Å². The van der Waals surface area contributed by atoms with Gasteiger partial charge in [-0.05, 0) is 54.7 Å². The molecule has 3 rings (SSSR count). The highest BCUT2D eigenvalue weighted by Crippen LogP contribution is 2.29. The number of aryl methyl sites for hydroxylation is 2. The van der Waals surface area contributed by atoms with Gasteiger partial charge in [0.25, 0.3) is 5.91 Å². The lowest BCUT2D eigenvalue weighted by atomic mass is 9.98. The fraction of sp³-hybridized carbons (Fsp3) is 0.261. The molecule has 0 atom stereocenters. The second-order valence-corrected chi connectivity index (χ2v) is 7.24. The molecule has 0 fully saturated rings. The molecule has 0 aliphatic carbocycles. The maximum atomic E-state index is 12.8. The molecule has 0 saturated heterocycles. The van der Waals surface area contributed by atoms with E-state index in [0.29, 0.717) is 23.3 Å². The summed E-state index contributed by atoms with van der Waals surface area (Å²) in [6, 6.07) is 13.4. The number of amides is 1. The maximum Gasteiger partial charge on any atom is 0.274 e. The largest absolute Gasteiger partial charge is 0.495 e. The van der Waals surface area contributed by atoms with Crippen LogP contribution in [0.15, 0.2) is 48.7 Å². The molecule has 0 bridgehead atoms. The fourth-order valence-corrected chi connectivity index (χ4v) is 3.11. The normalized spacial score (nSPS) is 10.7. The van der Waals surface area contributed by atoms with Gasteiger partial charge in [0.15, 0.2) is 0 Å². The van der Waals surface area contributed by atoms with Gasteiger partial charge in [-0.2, -0.15) is 0 Å². The Morgan fingerprint density at radius 1 is 1.10 bits per heavy atom. The van der Waals surface area contributed by atoms with Crippen LogP contribution < -0.4 is 15.4 Å². The molecule has 29 heavy (non-hydrogen) atoms. The molecule has 6 nitrogen and oxygen atoms in total. The van der Waals surface area contributed by atoms with Gasteiger partial charge in [-0.1, -0.05) is 38.1 Å². The highest BCUT2D eigenvalue weighted by atomic mass is 16.5. The van der Waals surface area contributed by atoms with Crippen LogP contribution in [0, 0.1) is 13.8 Å². The highest BCUT2D eigenvalue weighted by Gasteiger charge is 2.14. The molecule has 1 heterocycles. The van der Waals surface area contributed by atoms with Crippen LogP contribution in [0.4, 0.5) is 17.3 Å². The van der Waals surface area contributed by atoms with Crippen molar-refractivity contribution in [3.05, 3.63) is 71.0 Å².